The van der Waals surface area contributed by atoms with Gasteiger partial charge >= 0.3 is 11.9 Å². The van der Waals surface area contributed by atoms with Crippen molar-refractivity contribution in [2.45, 2.75) is 258 Å². The van der Waals surface area contributed by atoms with Crippen molar-refractivity contribution in [1.82, 2.24) is 9.80 Å². The Morgan fingerprint density at radius 3 is 1.39 bits per heavy atom. The van der Waals surface area contributed by atoms with Crippen molar-refractivity contribution in [3.63, 3.8) is 0 Å². The average molecular weight is 791 g/mol. The highest BCUT2D eigenvalue weighted by molar-refractivity contribution is 5.76. The van der Waals surface area contributed by atoms with Gasteiger partial charge in [0.1, 0.15) is 6.10 Å². The van der Waals surface area contributed by atoms with Crippen LogP contribution in [0.15, 0.2) is 0 Å². The third kappa shape index (κ3) is 33.4. The number of hydrogen-bond acceptors (Lipinski definition) is 6. The number of likely N-dealkylation sites (tertiary alicyclic amines) is 1. The number of amides is 1. The maximum Gasteiger partial charge on any atom is 0.306 e. The van der Waals surface area contributed by atoms with Crippen LogP contribution in [0.25, 0.3) is 0 Å². The zero-order valence-corrected chi connectivity index (χ0v) is 37.7. The molecule has 0 saturated carbocycles. The van der Waals surface area contributed by atoms with Gasteiger partial charge in [-0.25, -0.2) is 0 Å². The second kappa shape index (κ2) is 40.2. The summed E-state index contributed by atoms with van der Waals surface area (Å²) in [6.07, 6.45) is 40.6. The summed E-state index contributed by atoms with van der Waals surface area (Å²) < 4.78 is 11.5. The van der Waals surface area contributed by atoms with Crippen molar-refractivity contribution in [1.29, 1.82) is 0 Å². The Kier molecular flexibility index (Phi) is 37.6. The van der Waals surface area contributed by atoms with Gasteiger partial charge in [0.15, 0.2) is 0 Å². The van der Waals surface area contributed by atoms with E-state index in [1.165, 1.54) is 122 Å². The molecule has 1 saturated heterocycles. The first-order valence-electron chi connectivity index (χ1n) is 24.8. The predicted molar refractivity (Wildman–Crippen MR) is 237 cm³/mol. The number of hydrogen-bond donors (Lipinski definition) is 0. The average Bonchev–Trinajstić information content (AvgIpc) is 3.72. The van der Waals surface area contributed by atoms with Crippen LogP contribution in [0.4, 0.5) is 0 Å². The molecule has 1 aliphatic heterocycles. The van der Waals surface area contributed by atoms with E-state index in [1.54, 1.807) is 0 Å². The first-order valence-corrected chi connectivity index (χ1v) is 24.8. The van der Waals surface area contributed by atoms with Crippen molar-refractivity contribution in [3.8, 4) is 0 Å². The molecule has 7 nitrogen and oxygen atoms in total. The van der Waals surface area contributed by atoms with Crippen LogP contribution in [0.1, 0.15) is 252 Å². The molecule has 0 spiro atoms. The van der Waals surface area contributed by atoms with Crippen molar-refractivity contribution in [3.05, 3.63) is 0 Å². The lowest BCUT2D eigenvalue weighted by Crippen LogP contribution is -2.35. The topological polar surface area (TPSA) is 76.1 Å². The molecule has 1 aliphatic rings. The monoisotopic (exact) mass is 791 g/mol. The SMILES string of the molecule is CCCCCCCCCOC(=O)CCCCCCCN(CCCCCCCC(=O)OC(CCCCCCCC)CCCCCCCC)C(=O)CCN1CCCC1. The summed E-state index contributed by atoms with van der Waals surface area (Å²) >= 11 is 0. The lowest BCUT2D eigenvalue weighted by atomic mass is 10.0. The quantitative estimate of drug-likeness (QED) is 0.0453. The fraction of sp³-hybridized carbons (Fsp3) is 0.939. The molecule has 0 unspecified atom stereocenters. The van der Waals surface area contributed by atoms with Crippen LogP contribution in [-0.4, -0.2) is 73.1 Å². The zero-order valence-electron chi connectivity index (χ0n) is 37.7. The van der Waals surface area contributed by atoms with Crippen LogP contribution in [-0.2, 0) is 23.9 Å². The molecule has 1 heterocycles. The van der Waals surface area contributed by atoms with E-state index in [9.17, 15) is 14.4 Å². The predicted octanol–water partition coefficient (Wildman–Crippen LogP) is 13.7. The minimum Gasteiger partial charge on any atom is -0.466 e. The molecule has 0 aliphatic carbocycles. The van der Waals surface area contributed by atoms with E-state index >= 15 is 0 Å². The fourth-order valence-electron chi connectivity index (χ4n) is 8.11. The maximum absolute atomic E-state index is 13.3. The number of esters is 2. The number of nitrogens with zero attached hydrogens (tertiary/aromatic N) is 2. The van der Waals surface area contributed by atoms with E-state index in [1.807, 2.05) is 0 Å². The molecular formula is C49H94N2O5. The molecule has 0 aromatic carbocycles. The van der Waals surface area contributed by atoms with Crippen molar-refractivity contribution in [2.75, 3.05) is 39.3 Å². The van der Waals surface area contributed by atoms with Crippen LogP contribution in [0, 0.1) is 0 Å². The molecule has 0 atom stereocenters. The van der Waals surface area contributed by atoms with Crippen molar-refractivity contribution < 1.29 is 23.9 Å². The van der Waals surface area contributed by atoms with Crippen LogP contribution < -0.4 is 0 Å². The fourth-order valence-corrected chi connectivity index (χ4v) is 8.11. The molecule has 1 fully saturated rings. The van der Waals surface area contributed by atoms with Crippen LogP contribution in [0.3, 0.4) is 0 Å². The summed E-state index contributed by atoms with van der Waals surface area (Å²) in [5.41, 5.74) is 0. The number of ether oxygens (including phenoxy) is 2. The minimum absolute atomic E-state index is 0.000440. The Labute approximate surface area is 347 Å². The summed E-state index contributed by atoms with van der Waals surface area (Å²) in [4.78, 5) is 42.8. The summed E-state index contributed by atoms with van der Waals surface area (Å²) in [6.45, 7) is 12.2. The Morgan fingerprint density at radius 1 is 0.482 bits per heavy atom. The smallest absolute Gasteiger partial charge is 0.306 e. The molecule has 7 heteroatoms. The first-order chi connectivity index (χ1) is 27.5. The van der Waals surface area contributed by atoms with Crippen molar-refractivity contribution in [2.24, 2.45) is 0 Å². The van der Waals surface area contributed by atoms with Gasteiger partial charge in [-0.3, -0.25) is 14.4 Å². The van der Waals surface area contributed by atoms with E-state index in [-0.39, 0.29) is 18.0 Å². The Balaban J connectivity index is 2.29. The van der Waals surface area contributed by atoms with Crippen LogP contribution in [0.5, 0.6) is 0 Å². The summed E-state index contributed by atoms with van der Waals surface area (Å²) in [5.74, 6) is 0.261. The molecule has 0 aromatic heterocycles. The molecule has 0 N–H and O–H groups in total. The third-order valence-electron chi connectivity index (χ3n) is 11.9. The number of carbonyl (C=O) groups excluding carboxylic acids is 3. The Bertz CT molecular complexity index is 876. The molecule has 0 aromatic rings. The van der Waals surface area contributed by atoms with Gasteiger partial charge in [0.05, 0.1) is 6.61 Å². The zero-order chi connectivity index (χ0) is 40.6. The molecule has 330 valence electrons. The highest BCUT2D eigenvalue weighted by Gasteiger charge is 2.18. The number of carbonyl (C=O) groups is 3. The van der Waals surface area contributed by atoms with Gasteiger partial charge in [-0.1, -0.05) is 162 Å². The van der Waals surface area contributed by atoms with E-state index < -0.39 is 0 Å². The molecule has 0 radical (unpaired) electrons. The third-order valence-corrected chi connectivity index (χ3v) is 11.9. The highest BCUT2D eigenvalue weighted by atomic mass is 16.5. The second-order valence-electron chi connectivity index (χ2n) is 17.3. The Hall–Kier alpha value is -1.63. The van der Waals surface area contributed by atoms with E-state index in [0.717, 1.165) is 123 Å². The van der Waals surface area contributed by atoms with Gasteiger partial charge in [0, 0.05) is 38.9 Å². The Morgan fingerprint density at radius 2 is 0.893 bits per heavy atom. The summed E-state index contributed by atoms with van der Waals surface area (Å²) in [6, 6.07) is 0. The lowest BCUT2D eigenvalue weighted by molar-refractivity contribution is -0.150. The number of unbranched alkanes of at least 4 members (excludes halogenated alkanes) is 24. The maximum atomic E-state index is 13.3. The second-order valence-corrected chi connectivity index (χ2v) is 17.3. The van der Waals surface area contributed by atoms with Gasteiger partial charge in [0.25, 0.3) is 0 Å². The molecule has 56 heavy (non-hydrogen) atoms. The first kappa shape index (κ1) is 52.4. The minimum atomic E-state index is -0.0445. The summed E-state index contributed by atoms with van der Waals surface area (Å²) in [7, 11) is 0. The van der Waals surface area contributed by atoms with Crippen LogP contribution >= 0.6 is 0 Å². The van der Waals surface area contributed by atoms with Gasteiger partial charge < -0.3 is 19.3 Å². The largest absolute Gasteiger partial charge is 0.466 e. The molecule has 1 amide bonds. The highest BCUT2D eigenvalue weighted by Crippen LogP contribution is 2.19. The van der Waals surface area contributed by atoms with Gasteiger partial charge in [-0.15, -0.1) is 0 Å². The summed E-state index contributed by atoms with van der Waals surface area (Å²) in [5, 5.41) is 0. The van der Waals surface area contributed by atoms with E-state index in [4.69, 9.17) is 9.47 Å². The normalized spacial score (nSPS) is 13.1. The number of rotatable bonds is 42. The van der Waals surface area contributed by atoms with Crippen molar-refractivity contribution >= 4 is 17.8 Å². The molecule has 0 bridgehead atoms. The van der Waals surface area contributed by atoms with Gasteiger partial charge in [0.2, 0.25) is 5.91 Å². The van der Waals surface area contributed by atoms with Crippen LogP contribution in [0.2, 0.25) is 0 Å². The standard InChI is InChI=1S/C49H94N2O5/c1-4-7-10-13-16-25-34-45-55-48(53)37-28-21-17-23-30-42-51(47(52)39-44-50-40-32-33-41-50)43-31-24-18-22-29-38-49(54)56-46(35-26-19-14-11-8-5-2)36-27-20-15-12-9-6-3/h46H,4-45H2,1-3H3. The van der Waals surface area contributed by atoms with Gasteiger partial charge in [-0.2, -0.15) is 0 Å². The van der Waals surface area contributed by atoms with E-state index in [0.29, 0.717) is 31.8 Å². The van der Waals surface area contributed by atoms with E-state index in [2.05, 4.69) is 30.6 Å². The molecular weight excluding hydrogens is 697 g/mol. The lowest BCUT2D eigenvalue weighted by Gasteiger charge is -2.24. The molecule has 1 rings (SSSR count). The van der Waals surface area contributed by atoms with Gasteiger partial charge in [-0.05, 0) is 83.7 Å².